The molecule has 0 aliphatic carbocycles. The Hall–Kier alpha value is -2.24. The second kappa shape index (κ2) is 3.41. The van der Waals surface area contributed by atoms with Crippen molar-refractivity contribution in [2.75, 3.05) is 18.9 Å². The van der Waals surface area contributed by atoms with Crippen molar-refractivity contribution in [1.29, 1.82) is 0 Å². The Kier molecular flexibility index (Phi) is 1.92. The van der Waals surface area contributed by atoms with Crippen molar-refractivity contribution in [3.05, 3.63) is 18.2 Å². The van der Waals surface area contributed by atoms with Crippen LogP contribution in [0.5, 0.6) is 11.5 Å². The monoisotopic (exact) mass is 218 g/mol. The van der Waals surface area contributed by atoms with E-state index in [-0.39, 0.29) is 5.95 Å². The van der Waals surface area contributed by atoms with Crippen LogP contribution in [-0.2, 0) is 0 Å². The van der Waals surface area contributed by atoms with Crippen LogP contribution in [0, 0.1) is 0 Å². The third-order valence-corrected chi connectivity index (χ3v) is 2.32. The predicted molar refractivity (Wildman–Crippen MR) is 57.2 cm³/mol. The topological polar surface area (TPSA) is 86.0 Å². The lowest BCUT2D eigenvalue weighted by molar-refractivity contribution is 0.172. The molecule has 0 unspecified atom stereocenters. The molecule has 1 aromatic carbocycles. The molecule has 1 aliphatic heterocycles. The zero-order valence-corrected chi connectivity index (χ0v) is 8.43. The fraction of sp³-hybridized carbons (Fsp3) is 0.200. The van der Waals surface area contributed by atoms with Gasteiger partial charge in [-0.1, -0.05) is 6.07 Å². The number of anilines is 1. The normalized spacial score (nSPS) is 13.8. The minimum absolute atomic E-state index is 0.212. The van der Waals surface area contributed by atoms with Gasteiger partial charge in [0.1, 0.15) is 13.2 Å². The summed E-state index contributed by atoms with van der Waals surface area (Å²) in [6.07, 6.45) is 0. The summed E-state index contributed by atoms with van der Waals surface area (Å²) in [6, 6.07) is 5.62. The number of H-pyrrole nitrogens is 1. The Bertz CT molecular complexity index is 523. The maximum Gasteiger partial charge on any atom is 0.239 e. The van der Waals surface area contributed by atoms with Gasteiger partial charge in [0.15, 0.2) is 17.3 Å². The molecule has 0 bridgehead atoms. The van der Waals surface area contributed by atoms with E-state index < -0.39 is 0 Å². The van der Waals surface area contributed by atoms with Crippen LogP contribution in [0.25, 0.3) is 11.4 Å². The molecule has 0 amide bonds. The van der Waals surface area contributed by atoms with Crippen LogP contribution in [-0.4, -0.2) is 28.4 Å². The van der Waals surface area contributed by atoms with Gasteiger partial charge in [-0.3, -0.25) is 5.10 Å². The van der Waals surface area contributed by atoms with E-state index in [9.17, 15) is 0 Å². The molecule has 0 saturated carbocycles. The van der Waals surface area contributed by atoms with E-state index in [1.807, 2.05) is 18.2 Å². The smallest absolute Gasteiger partial charge is 0.239 e. The number of ether oxygens (including phenoxy) is 2. The van der Waals surface area contributed by atoms with E-state index in [1.165, 1.54) is 0 Å². The van der Waals surface area contributed by atoms with Crippen LogP contribution >= 0.6 is 0 Å². The van der Waals surface area contributed by atoms with Gasteiger partial charge in [0, 0.05) is 0 Å². The first-order valence-electron chi connectivity index (χ1n) is 4.91. The number of nitrogens with two attached hydrogens (primary N) is 1. The van der Waals surface area contributed by atoms with Gasteiger partial charge in [0.25, 0.3) is 0 Å². The highest BCUT2D eigenvalue weighted by molar-refractivity contribution is 5.69. The van der Waals surface area contributed by atoms with Crippen LogP contribution in [0.1, 0.15) is 0 Å². The van der Waals surface area contributed by atoms with Crippen LogP contribution in [0.4, 0.5) is 5.95 Å². The van der Waals surface area contributed by atoms with E-state index >= 15 is 0 Å². The van der Waals surface area contributed by atoms with E-state index in [2.05, 4.69) is 15.2 Å². The number of hydrogen-bond acceptors (Lipinski definition) is 5. The molecule has 2 heterocycles. The minimum atomic E-state index is 0.212. The Morgan fingerprint density at radius 3 is 2.94 bits per heavy atom. The van der Waals surface area contributed by atoms with Crippen LogP contribution in [0.3, 0.4) is 0 Å². The van der Waals surface area contributed by atoms with Crippen molar-refractivity contribution < 1.29 is 9.47 Å². The number of nitrogens with zero attached hydrogens (tertiary/aromatic N) is 2. The quantitative estimate of drug-likeness (QED) is 0.740. The maximum absolute atomic E-state index is 5.56. The zero-order chi connectivity index (χ0) is 11.0. The number of nitrogen functional groups attached to an aromatic ring is 1. The molecule has 1 aliphatic rings. The average molecular weight is 218 g/mol. The van der Waals surface area contributed by atoms with Crippen molar-refractivity contribution in [2.24, 2.45) is 0 Å². The summed E-state index contributed by atoms with van der Waals surface area (Å²) in [4.78, 5) is 4.06. The zero-order valence-electron chi connectivity index (χ0n) is 8.43. The number of benzene rings is 1. The fourth-order valence-corrected chi connectivity index (χ4v) is 1.66. The molecule has 16 heavy (non-hydrogen) atoms. The molecule has 0 spiro atoms. The molecule has 2 aromatic rings. The fourth-order valence-electron chi connectivity index (χ4n) is 1.66. The minimum Gasteiger partial charge on any atom is -0.486 e. The lowest BCUT2D eigenvalue weighted by Crippen LogP contribution is -2.15. The number of hydrogen-bond donors (Lipinski definition) is 2. The molecular weight excluding hydrogens is 208 g/mol. The van der Waals surface area contributed by atoms with Gasteiger partial charge in [0.05, 0.1) is 5.56 Å². The Morgan fingerprint density at radius 1 is 1.25 bits per heavy atom. The standard InChI is InChI=1S/C10H10N4O2/c11-10-12-9(13-14-10)6-2-1-3-7-8(6)16-5-4-15-7/h1-3H,4-5H2,(H3,11,12,13,14). The number of rotatable bonds is 1. The molecule has 0 radical (unpaired) electrons. The molecule has 0 fully saturated rings. The highest BCUT2D eigenvalue weighted by atomic mass is 16.6. The summed E-state index contributed by atoms with van der Waals surface area (Å²) in [5.41, 5.74) is 6.27. The van der Waals surface area contributed by atoms with Crippen LogP contribution in [0.15, 0.2) is 18.2 Å². The average Bonchev–Trinajstić information content (AvgIpc) is 2.75. The lowest BCUT2D eigenvalue weighted by atomic mass is 10.1. The Morgan fingerprint density at radius 2 is 2.12 bits per heavy atom. The molecule has 3 N–H and O–H groups in total. The van der Waals surface area contributed by atoms with Crippen molar-refractivity contribution in [3.63, 3.8) is 0 Å². The predicted octanol–water partition coefficient (Wildman–Crippen LogP) is 0.825. The Balaban J connectivity index is 2.13. The molecule has 6 nitrogen and oxygen atoms in total. The van der Waals surface area contributed by atoms with Crippen LogP contribution in [0.2, 0.25) is 0 Å². The summed E-state index contributed by atoms with van der Waals surface area (Å²) in [5, 5.41) is 6.54. The van der Waals surface area contributed by atoms with E-state index in [4.69, 9.17) is 15.2 Å². The van der Waals surface area contributed by atoms with Crippen molar-refractivity contribution in [1.82, 2.24) is 15.2 Å². The first kappa shape index (κ1) is 9.02. The first-order chi connectivity index (χ1) is 7.84. The second-order valence-corrected chi connectivity index (χ2v) is 3.37. The number of aromatic nitrogens is 3. The van der Waals surface area contributed by atoms with Crippen molar-refractivity contribution >= 4 is 5.95 Å². The third-order valence-electron chi connectivity index (χ3n) is 2.32. The van der Waals surface area contributed by atoms with E-state index in [0.717, 1.165) is 11.3 Å². The summed E-state index contributed by atoms with van der Waals surface area (Å²) < 4.78 is 11.0. The molecule has 0 atom stereocenters. The lowest BCUT2D eigenvalue weighted by Gasteiger charge is -2.19. The van der Waals surface area contributed by atoms with Gasteiger partial charge < -0.3 is 15.2 Å². The van der Waals surface area contributed by atoms with Gasteiger partial charge in [-0.05, 0) is 12.1 Å². The van der Waals surface area contributed by atoms with Gasteiger partial charge in [0.2, 0.25) is 5.95 Å². The molecular formula is C10H10N4O2. The van der Waals surface area contributed by atoms with Gasteiger partial charge in [-0.25, -0.2) is 0 Å². The summed E-state index contributed by atoms with van der Waals surface area (Å²) in [6.45, 7) is 1.10. The number of nitrogens with one attached hydrogen (secondary N) is 1. The van der Waals surface area contributed by atoms with Crippen LogP contribution < -0.4 is 15.2 Å². The molecule has 82 valence electrons. The van der Waals surface area contributed by atoms with Crippen molar-refractivity contribution in [2.45, 2.75) is 0 Å². The first-order valence-corrected chi connectivity index (χ1v) is 4.91. The van der Waals surface area contributed by atoms with E-state index in [0.29, 0.717) is 24.8 Å². The molecule has 6 heteroatoms. The molecule has 3 rings (SSSR count). The summed E-state index contributed by atoms with van der Waals surface area (Å²) >= 11 is 0. The number of aromatic amines is 1. The van der Waals surface area contributed by atoms with Gasteiger partial charge in [-0.15, -0.1) is 5.10 Å². The number of fused-ring (bicyclic) bond motifs is 1. The summed E-state index contributed by atoms with van der Waals surface area (Å²) in [7, 11) is 0. The molecule has 1 aromatic heterocycles. The van der Waals surface area contributed by atoms with E-state index in [1.54, 1.807) is 0 Å². The Labute approximate surface area is 91.4 Å². The largest absolute Gasteiger partial charge is 0.486 e. The third kappa shape index (κ3) is 1.35. The highest BCUT2D eigenvalue weighted by Crippen LogP contribution is 2.38. The van der Waals surface area contributed by atoms with Crippen molar-refractivity contribution in [3.8, 4) is 22.9 Å². The van der Waals surface area contributed by atoms with Gasteiger partial charge in [-0.2, -0.15) is 4.98 Å². The highest BCUT2D eigenvalue weighted by Gasteiger charge is 2.18. The SMILES string of the molecule is Nc1n[nH]c(-c2cccc3c2OCCO3)n1. The second-order valence-electron chi connectivity index (χ2n) is 3.37. The number of para-hydroxylation sites is 1. The molecule has 0 saturated heterocycles. The van der Waals surface area contributed by atoms with Gasteiger partial charge >= 0.3 is 0 Å². The maximum atomic E-state index is 5.56. The summed E-state index contributed by atoms with van der Waals surface area (Å²) in [5.74, 6) is 2.20.